The summed E-state index contributed by atoms with van der Waals surface area (Å²) in [6.07, 6.45) is -0.107. The van der Waals surface area contributed by atoms with E-state index in [9.17, 15) is 14.4 Å². The van der Waals surface area contributed by atoms with Crippen LogP contribution in [-0.4, -0.2) is 47.3 Å². The predicted octanol–water partition coefficient (Wildman–Crippen LogP) is -1.44. The van der Waals surface area contributed by atoms with E-state index in [2.05, 4.69) is 5.32 Å². The molecule has 8 nitrogen and oxygen atoms in total. The van der Waals surface area contributed by atoms with Crippen LogP contribution >= 0.6 is 0 Å². The normalized spacial score (nSPS) is 11.6. The third-order valence-electron chi connectivity index (χ3n) is 1.65. The topological polar surface area (TPSA) is 142 Å². The molecule has 0 radical (unpaired) electrons. The summed E-state index contributed by atoms with van der Waals surface area (Å²) in [6, 6.07) is -2.16. The average Bonchev–Trinajstić information content (AvgIpc) is 2.16. The number of hydrogen-bond donors (Lipinski definition) is 5. The SMILES string of the molecule is NCCCNC(=O)N[C@@H](CC(=O)O)C(=O)O. The van der Waals surface area contributed by atoms with Crippen LogP contribution in [0.5, 0.6) is 0 Å². The van der Waals surface area contributed by atoms with Gasteiger partial charge in [-0.05, 0) is 13.0 Å². The number of urea groups is 1. The molecular weight excluding hydrogens is 218 g/mol. The Hall–Kier alpha value is -1.83. The molecule has 0 fully saturated rings. The van der Waals surface area contributed by atoms with E-state index in [1.807, 2.05) is 5.32 Å². The van der Waals surface area contributed by atoms with E-state index in [0.29, 0.717) is 19.5 Å². The maximum absolute atomic E-state index is 11.1. The van der Waals surface area contributed by atoms with Gasteiger partial charge in [0.2, 0.25) is 0 Å². The van der Waals surface area contributed by atoms with Crippen LogP contribution in [-0.2, 0) is 9.59 Å². The summed E-state index contributed by atoms with van der Waals surface area (Å²) in [6.45, 7) is 0.708. The molecule has 8 heteroatoms. The zero-order valence-corrected chi connectivity index (χ0v) is 8.60. The van der Waals surface area contributed by atoms with Gasteiger partial charge in [0.25, 0.3) is 0 Å². The summed E-state index contributed by atoms with van der Waals surface area (Å²) in [7, 11) is 0. The Morgan fingerprint density at radius 1 is 1.25 bits per heavy atom. The first-order chi connectivity index (χ1) is 7.47. The van der Waals surface area contributed by atoms with Gasteiger partial charge in [0, 0.05) is 6.54 Å². The van der Waals surface area contributed by atoms with Gasteiger partial charge < -0.3 is 26.6 Å². The van der Waals surface area contributed by atoms with Crippen molar-refractivity contribution in [2.24, 2.45) is 5.73 Å². The highest BCUT2D eigenvalue weighted by Crippen LogP contribution is 1.92. The van der Waals surface area contributed by atoms with Crippen molar-refractivity contribution >= 4 is 18.0 Å². The fraction of sp³-hybridized carbons (Fsp3) is 0.625. The van der Waals surface area contributed by atoms with Crippen molar-refractivity contribution < 1.29 is 24.6 Å². The van der Waals surface area contributed by atoms with E-state index in [4.69, 9.17) is 15.9 Å². The molecule has 0 rings (SSSR count). The molecule has 0 bridgehead atoms. The number of carboxylic acid groups (broad SMARTS) is 2. The van der Waals surface area contributed by atoms with Gasteiger partial charge in [0.05, 0.1) is 6.42 Å². The van der Waals surface area contributed by atoms with E-state index in [1.165, 1.54) is 0 Å². The van der Waals surface area contributed by atoms with Crippen LogP contribution in [0.15, 0.2) is 0 Å². The number of amides is 2. The van der Waals surface area contributed by atoms with Gasteiger partial charge in [0.15, 0.2) is 0 Å². The van der Waals surface area contributed by atoms with Gasteiger partial charge >= 0.3 is 18.0 Å². The van der Waals surface area contributed by atoms with Crippen LogP contribution in [0.3, 0.4) is 0 Å². The second kappa shape index (κ2) is 7.46. The molecule has 0 aliphatic carbocycles. The van der Waals surface area contributed by atoms with Crippen LogP contribution < -0.4 is 16.4 Å². The number of carbonyl (C=O) groups is 3. The maximum atomic E-state index is 11.1. The Labute approximate surface area is 91.8 Å². The molecule has 0 aromatic heterocycles. The lowest BCUT2D eigenvalue weighted by Crippen LogP contribution is -2.47. The first-order valence-corrected chi connectivity index (χ1v) is 4.66. The number of rotatable bonds is 7. The van der Waals surface area contributed by atoms with E-state index < -0.39 is 30.4 Å². The molecule has 0 saturated heterocycles. The smallest absolute Gasteiger partial charge is 0.326 e. The van der Waals surface area contributed by atoms with Crippen molar-refractivity contribution in [3.05, 3.63) is 0 Å². The fourth-order valence-corrected chi connectivity index (χ4v) is 0.888. The standard InChI is InChI=1S/C8H15N3O5/c9-2-1-3-10-8(16)11-5(7(14)15)4-6(12)13/h5H,1-4,9H2,(H,12,13)(H,14,15)(H2,10,11,16)/t5-/m0/s1. The summed E-state index contributed by atoms with van der Waals surface area (Å²) in [4.78, 5) is 32.0. The highest BCUT2D eigenvalue weighted by molar-refractivity contribution is 5.86. The highest BCUT2D eigenvalue weighted by atomic mass is 16.4. The first-order valence-electron chi connectivity index (χ1n) is 4.66. The van der Waals surface area contributed by atoms with Crippen molar-refractivity contribution in [3.8, 4) is 0 Å². The van der Waals surface area contributed by atoms with Gasteiger partial charge in [-0.3, -0.25) is 4.79 Å². The first kappa shape index (κ1) is 14.2. The number of nitrogens with two attached hydrogens (primary N) is 1. The summed E-state index contributed by atoms with van der Waals surface area (Å²) in [5.74, 6) is -2.69. The molecule has 2 amide bonds. The second-order valence-electron chi connectivity index (χ2n) is 3.03. The lowest BCUT2D eigenvalue weighted by Gasteiger charge is -2.12. The Morgan fingerprint density at radius 2 is 1.88 bits per heavy atom. The molecular formula is C8H15N3O5. The molecule has 0 unspecified atom stereocenters. The number of carbonyl (C=O) groups excluding carboxylic acids is 1. The number of carboxylic acids is 2. The molecule has 0 aromatic carbocycles. The minimum atomic E-state index is -1.43. The molecule has 0 aliphatic heterocycles. The van der Waals surface area contributed by atoms with Crippen molar-refractivity contribution in [3.63, 3.8) is 0 Å². The van der Waals surface area contributed by atoms with Crippen LogP contribution in [0.1, 0.15) is 12.8 Å². The van der Waals surface area contributed by atoms with Crippen molar-refractivity contribution in [1.82, 2.24) is 10.6 Å². The van der Waals surface area contributed by atoms with Gasteiger partial charge in [-0.1, -0.05) is 0 Å². The van der Waals surface area contributed by atoms with Gasteiger partial charge in [0.1, 0.15) is 6.04 Å². The second-order valence-corrected chi connectivity index (χ2v) is 3.03. The van der Waals surface area contributed by atoms with Crippen LogP contribution in [0.4, 0.5) is 4.79 Å². The van der Waals surface area contributed by atoms with E-state index in [-0.39, 0.29) is 0 Å². The third kappa shape index (κ3) is 6.60. The molecule has 1 atom stereocenters. The molecule has 6 N–H and O–H groups in total. The van der Waals surface area contributed by atoms with Crippen LogP contribution in [0, 0.1) is 0 Å². The molecule has 0 spiro atoms. The summed E-state index contributed by atoms with van der Waals surface area (Å²) in [5.41, 5.74) is 5.19. The molecule has 0 saturated carbocycles. The summed E-state index contributed by atoms with van der Waals surface area (Å²) >= 11 is 0. The van der Waals surface area contributed by atoms with Crippen molar-refractivity contribution in [2.45, 2.75) is 18.9 Å². The third-order valence-corrected chi connectivity index (χ3v) is 1.65. The average molecular weight is 233 g/mol. The van der Waals surface area contributed by atoms with E-state index in [1.54, 1.807) is 0 Å². The number of aliphatic carboxylic acids is 2. The van der Waals surface area contributed by atoms with Gasteiger partial charge in [-0.2, -0.15) is 0 Å². The van der Waals surface area contributed by atoms with Gasteiger partial charge in [-0.15, -0.1) is 0 Å². The number of nitrogens with one attached hydrogen (secondary N) is 2. The molecule has 0 aromatic rings. The van der Waals surface area contributed by atoms with Crippen LogP contribution in [0.25, 0.3) is 0 Å². The zero-order valence-electron chi connectivity index (χ0n) is 8.60. The van der Waals surface area contributed by atoms with Crippen LogP contribution in [0.2, 0.25) is 0 Å². The minimum Gasteiger partial charge on any atom is -0.481 e. The quantitative estimate of drug-likeness (QED) is 0.341. The lowest BCUT2D eigenvalue weighted by atomic mass is 10.2. The summed E-state index contributed by atoms with van der Waals surface area (Å²) < 4.78 is 0. The predicted molar refractivity (Wildman–Crippen MR) is 53.9 cm³/mol. The minimum absolute atomic E-state index is 0.307. The molecule has 0 aliphatic rings. The Kier molecular flexibility index (Phi) is 6.61. The van der Waals surface area contributed by atoms with Crippen molar-refractivity contribution in [2.75, 3.05) is 13.1 Å². The molecule has 16 heavy (non-hydrogen) atoms. The Bertz CT molecular complexity index is 268. The van der Waals surface area contributed by atoms with E-state index in [0.717, 1.165) is 0 Å². The lowest BCUT2D eigenvalue weighted by molar-refractivity contribution is -0.145. The van der Waals surface area contributed by atoms with Gasteiger partial charge in [-0.25, -0.2) is 9.59 Å². The molecule has 0 heterocycles. The van der Waals surface area contributed by atoms with E-state index >= 15 is 0 Å². The molecule has 92 valence electrons. The fourth-order valence-electron chi connectivity index (χ4n) is 0.888. The maximum Gasteiger partial charge on any atom is 0.326 e. The summed E-state index contributed by atoms with van der Waals surface area (Å²) in [5, 5.41) is 21.4. The number of hydrogen-bond acceptors (Lipinski definition) is 4. The zero-order chi connectivity index (χ0) is 12.6. The van der Waals surface area contributed by atoms with Crippen molar-refractivity contribution in [1.29, 1.82) is 0 Å². The monoisotopic (exact) mass is 233 g/mol. The largest absolute Gasteiger partial charge is 0.481 e. The highest BCUT2D eigenvalue weighted by Gasteiger charge is 2.22. The Balaban J connectivity index is 4.03. The Morgan fingerprint density at radius 3 is 2.31 bits per heavy atom.